The maximum absolute atomic E-state index is 12.4. The van der Waals surface area contributed by atoms with E-state index in [0.717, 1.165) is 6.42 Å². The van der Waals surface area contributed by atoms with Gasteiger partial charge >= 0.3 is 6.09 Å². The molecule has 21 heavy (non-hydrogen) atoms. The third kappa shape index (κ3) is 2.34. The van der Waals surface area contributed by atoms with Gasteiger partial charge in [0.15, 0.2) is 11.5 Å². The monoisotopic (exact) mass is 287 g/mol. The highest BCUT2D eigenvalue weighted by Gasteiger charge is 2.52. The minimum Gasteiger partial charge on any atom is -0.410 e. The molecule has 1 aromatic rings. The number of fused-ring (bicyclic) bond motifs is 1. The van der Waals surface area contributed by atoms with Crippen LogP contribution in [0.4, 0.5) is 4.79 Å². The van der Waals surface area contributed by atoms with E-state index in [1.54, 1.807) is 42.4 Å². The Bertz CT molecular complexity index is 583. The van der Waals surface area contributed by atoms with Crippen LogP contribution in [-0.4, -0.2) is 36.2 Å². The van der Waals surface area contributed by atoms with Crippen LogP contribution in [0.5, 0.6) is 5.75 Å². The van der Waals surface area contributed by atoms with Gasteiger partial charge in [-0.15, -0.1) is 0 Å². The summed E-state index contributed by atoms with van der Waals surface area (Å²) >= 11 is 0. The number of hydrogen-bond acceptors (Lipinski definition) is 4. The summed E-state index contributed by atoms with van der Waals surface area (Å²) in [5.74, 6) is 0.558. The number of likely N-dealkylation sites (tertiary alicyclic amines) is 1. The van der Waals surface area contributed by atoms with Gasteiger partial charge in [-0.05, 0) is 30.7 Å². The quantitative estimate of drug-likeness (QED) is 0.838. The van der Waals surface area contributed by atoms with Gasteiger partial charge in [-0.2, -0.15) is 0 Å². The molecule has 5 heteroatoms. The molecular formula is C16H17NO4. The summed E-state index contributed by atoms with van der Waals surface area (Å²) in [6.45, 7) is 0.516. The van der Waals surface area contributed by atoms with Gasteiger partial charge in [0.2, 0.25) is 0 Å². The van der Waals surface area contributed by atoms with Crippen LogP contribution in [0.2, 0.25) is 0 Å². The highest BCUT2D eigenvalue weighted by molar-refractivity contribution is 5.91. The second kappa shape index (κ2) is 5.33. The first-order valence-corrected chi connectivity index (χ1v) is 6.97. The Hall–Kier alpha value is -2.14. The van der Waals surface area contributed by atoms with Crippen LogP contribution in [0.3, 0.4) is 0 Å². The lowest BCUT2D eigenvalue weighted by atomic mass is 9.86. The number of carbonyl (C=O) groups excluding carboxylic acids is 2. The van der Waals surface area contributed by atoms with Gasteiger partial charge in [0.25, 0.3) is 0 Å². The number of nitrogens with zero attached hydrogens (tertiary/aromatic N) is 1. The summed E-state index contributed by atoms with van der Waals surface area (Å²) in [6.07, 6.45) is 3.86. The highest BCUT2D eigenvalue weighted by atomic mass is 16.6. The number of ketones is 1. The summed E-state index contributed by atoms with van der Waals surface area (Å²) in [5.41, 5.74) is -0.861. The van der Waals surface area contributed by atoms with Gasteiger partial charge in [-0.25, -0.2) is 4.79 Å². The lowest BCUT2D eigenvalue weighted by Crippen LogP contribution is -2.53. The number of amides is 1. The molecule has 0 radical (unpaired) electrons. The van der Waals surface area contributed by atoms with Crippen LogP contribution >= 0.6 is 0 Å². The average Bonchev–Trinajstić information content (AvgIpc) is 2.87. The molecule has 0 aromatic heterocycles. The Labute approximate surface area is 123 Å². The van der Waals surface area contributed by atoms with Crippen molar-refractivity contribution in [2.45, 2.75) is 18.6 Å². The van der Waals surface area contributed by atoms with Crippen LogP contribution in [0, 0.1) is 5.92 Å². The van der Waals surface area contributed by atoms with Gasteiger partial charge < -0.3 is 9.47 Å². The SMILES string of the molecule is COC12C=CC(=O)CC1CCN2C(=O)Oc1ccccc1. The van der Waals surface area contributed by atoms with Crippen molar-refractivity contribution in [1.29, 1.82) is 0 Å². The topological polar surface area (TPSA) is 55.8 Å². The van der Waals surface area contributed by atoms with E-state index in [4.69, 9.17) is 9.47 Å². The summed E-state index contributed by atoms with van der Waals surface area (Å²) in [4.78, 5) is 25.5. The Morgan fingerprint density at radius 3 is 2.81 bits per heavy atom. The summed E-state index contributed by atoms with van der Waals surface area (Å²) in [6, 6.07) is 8.92. The lowest BCUT2D eigenvalue weighted by molar-refractivity contribution is -0.125. The number of allylic oxidation sites excluding steroid dienone is 1. The maximum atomic E-state index is 12.4. The molecule has 1 fully saturated rings. The minimum absolute atomic E-state index is 0.0108. The molecule has 1 aromatic carbocycles. The second-order valence-corrected chi connectivity index (χ2v) is 5.28. The molecule has 2 atom stereocenters. The molecule has 0 N–H and O–H groups in total. The maximum Gasteiger partial charge on any atom is 0.417 e. The molecule has 0 bridgehead atoms. The highest BCUT2D eigenvalue weighted by Crippen LogP contribution is 2.42. The molecule has 1 saturated heterocycles. The Morgan fingerprint density at radius 2 is 2.10 bits per heavy atom. The molecule has 0 saturated carbocycles. The van der Waals surface area contributed by atoms with E-state index in [9.17, 15) is 9.59 Å². The van der Waals surface area contributed by atoms with Crippen molar-refractivity contribution in [3.05, 3.63) is 42.5 Å². The fourth-order valence-corrected chi connectivity index (χ4v) is 3.11. The molecule has 1 aliphatic heterocycles. The van der Waals surface area contributed by atoms with Crippen molar-refractivity contribution >= 4 is 11.9 Å². The van der Waals surface area contributed by atoms with Crippen molar-refractivity contribution < 1.29 is 19.1 Å². The largest absolute Gasteiger partial charge is 0.417 e. The first-order valence-electron chi connectivity index (χ1n) is 6.97. The van der Waals surface area contributed by atoms with E-state index >= 15 is 0 Å². The number of hydrogen-bond donors (Lipinski definition) is 0. The molecular weight excluding hydrogens is 270 g/mol. The van der Waals surface area contributed by atoms with E-state index < -0.39 is 11.8 Å². The Kier molecular flexibility index (Phi) is 3.51. The third-order valence-corrected chi connectivity index (χ3v) is 4.16. The molecule has 1 aliphatic carbocycles. The fraction of sp³-hybridized carbons (Fsp3) is 0.375. The van der Waals surface area contributed by atoms with E-state index in [-0.39, 0.29) is 11.7 Å². The first-order chi connectivity index (χ1) is 10.2. The van der Waals surface area contributed by atoms with E-state index in [0.29, 0.717) is 18.7 Å². The standard InChI is InChI=1S/C16H17NO4/c1-20-16-9-7-13(18)11-12(16)8-10-17(16)15(19)21-14-5-3-2-4-6-14/h2-7,9,12H,8,10-11H2,1H3. The van der Waals surface area contributed by atoms with Crippen LogP contribution in [0.25, 0.3) is 0 Å². The zero-order valence-electron chi connectivity index (χ0n) is 11.8. The van der Waals surface area contributed by atoms with Crippen LogP contribution in [0.1, 0.15) is 12.8 Å². The van der Waals surface area contributed by atoms with Crippen LogP contribution in [0.15, 0.2) is 42.5 Å². The van der Waals surface area contributed by atoms with Gasteiger partial charge in [0, 0.05) is 26.0 Å². The Morgan fingerprint density at radius 1 is 1.33 bits per heavy atom. The zero-order chi connectivity index (χ0) is 14.9. The van der Waals surface area contributed by atoms with Crippen molar-refractivity contribution in [2.24, 2.45) is 5.92 Å². The average molecular weight is 287 g/mol. The first kappa shape index (κ1) is 13.8. The minimum atomic E-state index is -0.861. The van der Waals surface area contributed by atoms with Gasteiger partial charge in [0.05, 0.1) is 0 Å². The predicted molar refractivity (Wildman–Crippen MR) is 75.8 cm³/mol. The summed E-state index contributed by atoms with van der Waals surface area (Å²) < 4.78 is 11.0. The number of methoxy groups -OCH3 is 1. The normalized spacial score (nSPS) is 27.6. The summed E-state index contributed by atoms with van der Waals surface area (Å²) in [5, 5.41) is 0. The van der Waals surface area contributed by atoms with Crippen LogP contribution in [-0.2, 0) is 9.53 Å². The predicted octanol–water partition coefficient (Wildman–Crippen LogP) is 2.38. The molecule has 5 nitrogen and oxygen atoms in total. The van der Waals surface area contributed by atoms with Crippen molar-refractivity contribution in [3.8, 4) is 5.75 Å². The number of ether oxygens (including phenoxy) is 2. The van der Waals surface area contributed by atoms with E-state index in [1.165, 1.54) is 6.08 Å². The Balaban J connectivity index is 1.83. The van der Waals surface area contributed by atoms with Gasteiger partial charge in [-0.1, -0.05) is 18.2 Å². The van der Waals surface area contributed by atoms with Crippen molar-refractivity contribution in [2.75, 3.05) is 13.7 Å². The molecule has 1 amide bonds. The van der Waals surface area contributed by atoms with E-state index in [2.05, 4.69) is 0 Å². The number of benzene rings is 1. The van der Waals surface area contributed by atoms with Gasteiger partial charge in [0.1, 0.15) is 5.75 Å². The molecule has 0 spiro atoms. The lowest BCUT2D eigenvalue weighted by Gasteiger charge is -2.39. The summed E-state index contributed by atoms with van der Waals surface area (Å²) in [7, 11) is 1.56. The molecule has 1 heterocycles. The smallest absolute Gasteiger partial charge is 0.410 e. The number of rotatable bonds is 2. The second-order valence-electron chi connectivity index (χ2n) is 5.28. The zero-order valence-corrected chi connectivity index (χ0v) is 11.8. The van der Waals surface area contributed by atoms with E-state index in [1.807, 2.05) is 6.07 Å². The molecule has 2 unspecified atom stereocenters. The fourth-order valence-electron chi connectivity index (χ4n) is 3.11. The number of carbonyl (C=O) groups is 2. The molecule has 3 rings (SSSR count). The van der Waals surface area contributed by atoms with Crippen molar-refractivity contribution in [1.82, 2.24) is 4.90 Å². The van der Waals surface area contributed by atoms with Crippen molar-refractivity contribution in [3.63, 3.8) is 0 Å². The number of para-hydroxylation sites is 1. The molecule has 110 valence electrons. The third-order valence-electron chi connectivity index (χ3n) is 4.16. The van der Waals surface area contributed by atoms with Gasteiger partial charge in [-0.3, -0.25) is 9.69 Å². The van der Waals surface area contributed by atoms with Crippen LogP contribution < -0.4 is 4.74 Å². The molecule has 2 aliphatic rings.